The molecule has 2 rings (SSSR count). The Morgan fingerprint density at radius 3 is 2.69 bits per heavy atom. The van der Waals surface area contributed by atoms with Crippen molar-refractivity contribution in [3.63, 3.8) is 0 Å². The first-order chi connectivity index (χ1) is 15.1. The molecule has 0 radical (unpaired) electrons. The summed E-state index contributed by atoms with van der Waals surface area (Å²) in [6.45, 7) is 4.38. The van der Waals surface area contributed by atoms with Crippen molar-refractivity contribution in [2.45, 2.75) is 84.0 Å². The molecule has 1 aliphatic heterocycles. The van der Waals surface area contributed by atoms with Crippen LogP contribution in [0.25, 0.3) is 0 Å². The van der Waals surface area contributed by atoms with Crippen molar-refractivity contribution in [3.8, 4) is 0 Å². The third-order valence-corrected chi connectivity index (χ3v) is 6.74. The summed E-state index contributed by atoms with van der Waals surface area (Å²) in [7, 11) is 1.56. The SMILES string of the molecule is CCCCCC1OC(n2cc(C)c(N)nc2=O)C(OCCOC)C1OP(O)(=S)OC(C)C. The van der Waals surface area contributed by atoms with Crippen LogP contribution in [0.2, 0.25) is 0 Å². The number of hydrogen-bond donors (Lipinski definition) is 2. The van der Waals surface area contributed by atoms with Crippen LogP contribution < -0.4 is 11.4 Å². The van der Waals surface area contributed by atoms with Crippen LogP contribution in [0.15, 0.2) is 11.0 Å². The van der Waals surface area contributed by atoms with Gasteiger partial charge in [-0.1, -0.05) is 26.2 Å². The van der Waals surface area contributed by atoms with E-state index in [1.54, 1.807) is 34.1 Å². The first-order valence-corrected chi connectivity index (χ1v) is 13.5. The van der Waals surface area contributed by atoms with E-state index in [1.165, 1.54) is 4.57 Å². The average Bonchev–Trinajstić information content (AvgIpc) is 3.01. The second-order valence-electron chi connectivity index (χ2n) is 8.08. The van der Waals surface area contributed by atoms with Gasteiger partial charge in [-0.25, -0.2) is 4.79 Å². The zero-order valence-electron chi connectivity index (χ0n) is 19.4. The van der Waals surface area contributed by atoms with Crippen molar-refractivity contribution >= 4 is 24.3 Å². The summed E-state index contributed by atoms with van der Waals surface area (Å²) in [6, 6.07) is 0. The fourth-order valence-electron chi connectivity index (χ4n) is 3.54. The van der Waals surface area contributed by atoms with Crippen molar-refractivity contribution in [3.05, 3.63) is 22.2 Å². The van der Waals surface area contributed by atoms with Gasteiger partial charge in [0.15, 0.2) is 6.23 Å². The molecule has 1 fully saturated rings. The summed E-state index contributed by atoms with van der Waals surface area (Å²) in [4.78, 5) is 27.2. The summed E-state index contributed by atoms with van der Waals surface area (Å²) >= 11 is 5.24. The summed E-state index contributed by atoms with van der Waals surface area (Å²) in [5.41, 5.74) is 5.86. The van der Waals surface area contributed by atoms with Crippen molar-refractivity contribution in [1.82, 2.24) is 9.55 Å². The number of rotatable bonds is 13. The van der Waals surface area contributed by atoms with Gasteiger partial charge in [-0.15, -0.1) is 0 Å². The molecule has 2 heterocycles. The topological polar surface area (TPSA) is 127 Å². The number of nitrogen functional groups attached to an aromatic ring is 1. The van der Waals surface area contributed by atoms with Gasteiger partial charge in [0.25, 0.3) is 0 Å². The minimum absolute atomic E-state index is 0.157. The number of aryl methyl sites for hydroxylation is 1. The molecule has 3 N–H and O–H groups in total. The first-order valence-electron chi connectivity index (χ1n) is 10.9. The van der Waals surface area contributed by atoms with Crippen LogP contribution in [0, 0.1) is 6.92 Å². The third kappa shape index (κ3) is 7.56. The average molecular weight is 494 g/mol. The van der Waals surface area contributed by atoms with Crippen LogP contribution in [-0.2, 0) is 35.1 Å². The minimum atomic E-state index is -3.58. The Balaban J connectivity index is 2.42. The lowest BCUT2D eigenvalue weighted by Gasteiger charge is -2.29. The molecule has 0 amide bonds. The summed E-state index contributed by atoms with van der Waals surface area (Å²) in [5, 5.41) is 0. The molecule has 1 aromatic rings. The Morgan fingerprint density at radius 1 is 1.34 bits per heavy atom. The zero-order chi connectivity index (χ0) is 23.9. The highest BCUT2D eigenvalue weighted by Crippen LogP contribution is 2.50. The summed E-state index contributed by atoms with van der Waals surface area (Å²) in [5.74, 6) is 0.157. The molecule has 184 valence electrons. The van der Waals surface area contributed by atoms with Gasteiger partial charge in [0.1, 0.15) is 18.0 Å². The van der Waals surface area contributed by atoms with Gasteiger partial charge in [-0.05, 0) is 39.0 Å². The van der Waals surface area contributed by atoms with E-state index in [4.69, 9.17) is 40.8 Å². The monoisotopic (exact) mass is 493 g/mol. The fraction of sp³-hybridized carbons (Fsp3) is 0.800. The summed E-state index contributed by atoms with van der Waals surface area (Å²) < 4.78 is 30.2. The second kappa shape index (κ2) is 12.5. The minimum Gasteiger partial charge on any atom is -0.383 e. The molecule has 10 nitrogen and oxygen atoms in total. The van der Waals surface area contributed by atoms with Crippen LogP contribution in [0.5, 0.6) is 0 Å². The van der Waals surface area contributed by atoms with Crippen molar-refractivity contribution < 1.29 is 28.2 Å². The molecule has 0 spiro atoms. The van der Waals surface area contributed by atoms with E-state index >= 15 is 0 Å². The maximum absolute atomic E-state index is 12.6. The van der Waals surface area contributed by atoms with Crippen LogP contribution in [-0.4, -0.2) is 59.2 Å². The molecule has 5 unspecified atom stereocenters. The van der Waals surface area contributed by atoms with Gasteiger partial charge < -0.3 is 29.4 Å². The Bertz CT molecular complexity index is 838. The van der Waals surface area contributed by atoms with Crippen molar-refractivity contribution in [2.75, 3.05) is 26.1 Å². The Morgan fingerprint density at radius 2 is 2.06 bits per heavy atom. The lowest BCUT2D eigenvalue weighted by Crippen LogP contribution is -2.39. The first kappa shape index (κ1) is 27.3. The predicted octanol–water partition coefficient (Wildman–Crippen LogP) is 2.67. The van der Waals surface area contributed by atoms with Crippen molar-refractivity contribution in [1.29, 1.82) is 0 Å². The van der Waals surface area contributed by atoms with E-state index in [0.29, 0.717) is 18.6 Å². The fourth-order valence-corrected chi connectivity index (χ4v) is 5.50. The molecular formula is C20H36N3O7PS. The van der Waals surface area contributed by atoms with Crippen LogP contribution in [0.4, 0.5) is 5.82 Å². The van der Waals surface area contributed by atoms with E-state index in [-0.39, 0.29) is 18.5 Å². The maximum atomic E-state index is 12.6. The van der Waals surface area contributed by atoms with Crippen molar-refractivity contribution in [2.24, 2.45) is 0 Å². The highest BCUT2D eigenvalue weighted by Gasteiger charge is 2.49. The lowest BCUT2D eigenvalue weighted by atomic mass is 10.0. The zero-order valence-corrected chi connectivity index (χ0v) is 21.1. The quantitative estimate of drug-likeness (QED) is 0.313. The van der Waals surface area contributed by atoms with Crippen LogP contribution >= 0.6 is 6.72 Å². The number of methoxy groups -OCH3 is 1. The van der Waals surface area contributed by atoms with Gasteiger partial charge in [0, 0.05) is 18.9 Å². The molecular weight excluding hydrogens is 457 g/mol. The summed E-state index contributed by atoms with van der Waals surface area (Å²) in [6.07, 6.45) is 2.05. The molecule has 0 aromatic carbocycles. The molecule has 0 bridgehead atoms. The number of aromatic nitrogens is 2. The molecule has 5 atom stereocenters. The van der Waals surface area contributed by atoms with Gasteiger partial charge in [-0.3, -0.25) is 9.09 Å². The second-order valence-corrected chi connectivity index (χ2v) is 10.8. The maximum Gasteiger partial charge on any atom is 0.351 e. The van der Waals surface area contributed by atoms with E-state index in [9.17, 15) is 9.69 Å². The van der Waals surface area contributed by atoms with Crippen LogP contribution in [0.3, 0.4) is 0 Å². The molecule has 1 aliphatic rings. The van der Waals surface area contributed by atoms with Gasteiger partial charge in [-0.2, -0.15) is 4.98 Å². The number of ether oxygens (including phenoxy) is 3. The third-order valence-electron chi connectivity index (χ3n) is 5.02. The number of unbranched alkanes of at least 4 members (excludes halogenated alkanes) is 2. The Hall–Kier alpha value is -0.910. The van der Waals surface area contributed by atoms with E-state index in [2.05, 4.69) is 11.9 Å². The van der Waals surface area contributed by atoms with Crippen LogP contribution in [0.1, 0.15) is 58.2 Å². The standard InChI is InChI=1S/C20H36N3O7PS/c1-6-7-8-9-15-16(30-31(25,32)29-13(2)3)17(27-11-10-26-5)19(28-15)23-12-14(4)18(21)22-20(23)24/h12-13,15-17,19H,6-11H2,1-5H3,(H,25,32)(H2,21,22,24). The molecule has 0 saturated carbocycles. The largest absolute Gasteiger partial charge is 0.383 e. The predicted molar refractivity (Wildman–Crippen MR) is 125 cm³/mol. The normalized spacial score (nSPS) is 25.3. The molecule has 0 aliphatic carbocycles. The van der Waals surface area contributed by atoms with Gasteiger partial charge in [0.2, 0.25) is 0 Å². The number of nitrogens with two attached hydrogens (primary N) is 1. The highest BCUT2D eigenvalue weighted by atomic mass is 32.5. The molecule has 1 aromatic heterocycles. The Kier molecular flexibility index (Phi) is 10.7. The van der Waals surface area contributed by atoms with E-state index < -0.39 is 36.9 Å². The number of nitrogens with zero attached hydrogens (tertiary/aromatic N) is 2. The Labute approximate surface area is 194 Å². The highest BCUT2D eigenvalue weighted by molar-refractivity contribution is 8.07. The molecule has 1 saturated heterocycles. The number of anilines is 1. The van der Waals surface area contributed by atoms with E-state index in [1.807, 2.05) is 0 Å². The van der Waals surface area contributed by atoms with Gasteiger partial charge >= 0.3 is 12.4 Å². The smallest absolute Gasteiger partial charge is 0.351 e. The van der Waals surface area contributed by atoms with E-state index in [0.717, 1.165) is 19.3 Å². The lowest BCUT2D eigenvalue weighted by molar-refractivity contribution is -0.0791. The number of hydrogen-bond acceptors (Lipinski definition) is 9. The molecule has 12 heteroatoms. The van der Waals surface area contributed by atoms with Gasteiger partial charge in [0.05, 0.1) is 25.4 Å². The molecule has 32 heavy (non-hydrogen) atoms.